The van der Waals surface area contributed by atoms with Gasteiger partial charge in [0.25, 0.3) is 5.91 Å². The van der Waals surface area contributed by atoms with E-state index in [4.69, 9.17) is 9.47 Å². The molecule has 2 N–H and O–H groups in total. The molecule has 114 valence electrons. The number of methoxy groups -OCH3 is 1. The average Bonchev–Trinajstić information content (AvgIpc) is 2.49. The van der Waals surface area contributed by atoms with Crippen LogP contribution in [0.2, 0.25) is 0 Å². The van der Waals surface area contributed by atoms with E-state index < -0.39 is 24.2 Å². The number of nitrogens with one attached hydrogen (secondary N) is 2. The number of ether oxygens (including phenoxy) is 2. The molecule has 0 spiro atoms. The second-order valence-corrected chi connectivity index (χ2v) is 3.91. The smallest absolute Gasteiger partial charge is 0.276 e. The van der Waals surface area contributed by atoms with Gasteiger partial charge in [-0.3, -0.25) is 20.4 Å². The summed E-state index contributed by atoms with van der Waals surface area (Å²) in [7, 11) is 1.47. The Morgan fingerprint density at radius 2 is 1.67 bits per heavy atom. The number of rotatable bonds is 7. The Labute approximate surface area is 121 Å². The predicted molar refractivity (Wildman–Crippen MR) is 69.0 cm³/mol. The van der Waals surface area contributed by atoms with E-state index in [1.807, 2.05) is 0 Å². The van der Waals surface area contributed by atoms with Gasteiger partial charge in [0.1, 0.15) is 0 Å². The van der Waals surface area contributed by atoms with Crippen LogP contribution in [-0.4, -0.2) is 31.5 Å². The molecule has 0 bridgehead atoms. The summed E-state index contributed by atoms with van der Waals surface area (Å²) in [6, 6.07) is 6.78. The van der Waals surface area contributed by atoms with E-state index in [1.165, 1.54) is 7.11 Å². The van der Waals surface area contributed by atoms with Gasteiger partial charge in [0, 0.05) is 12.4 Å². The van der Waals surface area contributed by atoms with E-state index in [-0.39, 0.29) is 13.0 Å². The van der Waals surface area contributed by atoms with Crippen molar-refractivity contribution < 1.29 is 29.0 Å². The van der Waals surface area contributed by atoms with Gasteiger partial charge in [0.2, 0.25) is 5.91 Å². The van der Waals surface area contributed by atoms with Crippen molar-refractivity contribution in [3.63, 3.8) is 0 Å². The number of carboxylic acid groups (broad SMARTS) is 1. The van der Waals surface area contributed by atoms with Gasteiger partial charge in [-0.25, -0.2) is 0 Å². The van der Waals surface area contributed by atoms with Gasteiger partial charge >= 0.3 is 0 Å². The topological polar surface area (TPSA) is 117 Å². The first-order valence-electron chi connectivity index (χ1n) is 6.06. The zero-order valence-electron chi connectivity index (χ0n) is 11.4. The minimum atomic E-state index is -1.34. The Kier molecular flexibility index (Phi) is 6.52. The molecule has 0 radical (unpaired) electrons. The molecule has 0 saturated heterocycles. The number of carbonyl (C=O) groups excluding carboxylic acids is 3. The number of carboxylic acids is 1. The maximum atomic E-state index is 11.4. The van der Waals surface area contributed by atoms with Crippen molar-refractivity contribution in [2.24, 2.45) is 0 Å². The summed E-state index contributed by atoms with van der Waals surface area (Å²) in [6.45, 7) is -0.332. The highest BCUT2D eigenvalue weighted by Gasteiger charge is 2.08. The molecule has 0 aliphatic rings. The summed E-state index contributed by atoms with van der Waals surface area (Å²) in [5.74, 6) is -1.70. The van der Waals surface area contributed by atoms with Gasteiger partial charge in [-0.2, -0.15) is 0 Å². The van der Waals surface area contributed by atoms with Crippen molar-refractivity contribution in [1.29, 1.82) is 0 Å². The second kappa shape index (κ2) is 8.41. The van der Waals surface area contributed by atoms with E-state index in [1.54, 1.807) is 24.3 Å². The van der Waals surface area contributed by atoms with E-state index in [0.29, 0.717) is 11.5 Å². The summed E-state index contributed by atoms with van der Waals surface area (Å²) < 4.78 is 10.3. The molecule has 0 aliphatic carbocycles. The quantitative estimate of drug-likeness (QED) is 0.607. The zero-order chi connectivity index (χ0) is 15.7. The van der Waals surface area contributed by atoms with E-state index in [2.05, 4.69) is 10.9 Å². The highest BCUT2D eigenvalue weighted by Crippen LogP contribution is 2.25. The third-order valence-corrected chi connectivity index (χ3v) is 2.33. The minimum Gasteiger partial charge on any atom is -0.550 e. The fraction of sp³-hybridized carbons (Fsp3) is 0.308. The fourth-order valence-corrected chi connectivity index (χ4v) is 1.33. The maximum absolute atomic E-state index is 11.4. The monoisotopic (exact) mass is 295 g/mol. The highest BCUT2D eigenvalue weighted by atomic mass is 16.5. The number of amides is 2. The molecule has 8 heteroatoms. The Bertz CT molecular complexity index is 517. The van der Waals surface area contributed by atoms with Crippen LogP contribution in [0.3, 0.4) is 0 Å². The second-order valence-electron chi connectivity index (χ2n) is 3.91. The van der Waals surface area contributed by atoms with Gasteiger partial charge in [-0.05, 0) is 18.6 Å². The largest absolute Gasteiger partial charge is 0.550 e. The summed E-state index contributed by atoms with van der Waals surface area (Å²) in [6.07, 6.45) is -0.699. The van der Waals surface area contributed by atoms with Gasteiger partial charge in [-0.15, -0.1) is 0 Å². The lowest BCUT2D eigenvalue weighted by Crippen LogP contribution is -2.44. The van der Waals surface area contributed by atoms with E-state index in [9.17, 15) is 19.5 Å². The van der Waals surface area contributed by atoms with Crippen molar-refractivity contribution in [3.05, 3.63) is 24.3 Å². The van der Waals surface area contributed by atoms with Gasteiger partial charge in [0.15, 0.2) is 18.1 Å². The van der Waals surface area contributed by atoms with Crippen LogP contribution in [0.1, 0.15) is 12.8 Å². The molecule has 0 aromatic heterocycles. The third kappa shape index (κ3) is 6.28. The Balaban J connectivity index is 2.31. The lowest BCUT2D eigenvalue weighted by atomic mass is 10.3. The standard InChI is InChI=1S/C13H16N2O6/c1-20-9-4-2-3-5-10(9)21-8-12(17)15-14-11(16)6-7-13(18)19/h2-5H,6-8H2,1H3,(H,14,16)(H,15,17)(H,18,19)/p-1. The maximum Gasteiger partial charge on any atom is 0.276 e. The summed E-state index contributed by atoms with van der Waals surface area (Å²) in [5, 5.41) is 10.2. The number of hydrogen-bond acceptors (Lipinski definition) is 6. The van der Waals surface area contributed by atoms with Crippen LogP contribution in [-0.2, 0) is 14.4 Å². The molecule has 2 amide bonds. The van der Waals surface area contributed by atoms with E-state index >= 15 is 0 Å². The Hall–Kier alpha value is -2.77. The van der Waals surface area contributed by atoms with Crippen LogP contribution < -0.4 is 25.4 Å². The van der Waals surface area contributed by atoms with Crippen LogP contribution in [0.25, 0.3) is 0 Å². The van der Waals surface area contributed by atoms with Crippen molar-refractivity contribution in [2.45, 2.75) is 12.8 Å². The number of benzene rings is 1. The molecular formula is C13H15N2O6-. The summed E-state index contributed by atoms with van der Waals surface area (Å²) >= 11 is 0. The lowest BCUT2D eigenvalue weighted by molar-refractivity contribution is -0.305. The molecule has 0 aliphatic heterocycles. The van der Waals surface area contributed by atoms with Crippen LogP contribution in [0.5, 0.6) is 11.5 Å². The van der Waals surface area contributed by atoms with Crippen molar-refractivity contribution in [3.8, 4) is 11.5 Å². The van der Waals surface area contributed by atoms with Gasteiger partial charge in [0.05, 0.1) is 7.11 Å². The molecule has 0 saturated carbocycles. The molecule has 1 rings (SSSR count). The number of hydrogen-bond donors (Lipinski definition) is 2. The Morgan fingerprint density at radius 3 is 2.29 bits per heavy atom. The Morgan fingerprint density at radius 1 is 1.05 bits per heavy atom. The number of aliphatic carboxylic acids is 1. The highest BCUT2D eigenvalue weighted by molar-refractivity contribution is 5.84. The molecule has 21 heavy (non-hydrogen) atoms. The van der Waals surface area contributed by atoms with Crippen molar-refractivity contribution in [1.82, 2.24) is 10.9 Å². The molecule has 8 nitrogen and oxygen atoms in total. The van der Waals surface area contributed by atoms with Crippen molar-refractivity contribution in [2.75, 3.05) is 13.7 Å². The van der Waals surface area contributed by atoms with Crippen LogP contribution in [0.4, 0.5) is 0 Å². The van der Waals surface area contributed by atoms with E-state index in [0.717, 1.165) is 0 Å². The molecule has 0 unspecified atom stereocenters. The SMILES string of the molecule is COc1ccccc1OCC(=O)NNC(=O)CCC(=O)[O-]. The normalized spacial score (nSPS) is 9.57. The number of para-hydroxylation sites is 2. The van der Waals surface area contributed by atoms with Crippen LogP contribution in [0, 0.1) is 0 Å². The molecule has 1 aromatic rings. The van der Waals surface area contributed by atoms with Crippen LogP contribution in [0.15, 0.2) is 24.3 Å². The predicted octanol–water partition coefficient (Wildman–Crippen LogP) is -1.25. The average molecular weight is 295 g/mol. The first-order chi connectivity index (χ1) is 10.0. The van der Waals surface area contributed by atoms with Crippen LogP contribution >= 0.6 is 0 Å². The summed E-state index contributed by atoms with van der Waals surface area (Å²) in [4.78, 5) is 32.7. The molecule has 0 fully saturated rings. The molecule has 0 atom stereocenters. The first-order valence-corrected chi connectivity index (χ1v) is 6.06. The minimum absolute atomic E-state index is 0.282. The van der Waals surface area contributed by atoms with Crippen molar-refractivity contribution >= 4 is 17.8 Å². The first kappa shape index (κ1) is 16.3. The molecule has 0 heterocycles. The number of carbonyl (C=O) groups is 3. The third-order valence-electron chi connectivity index (χ3n) is 2.33. The van der Waals surface area contributed by atoms with Gasteiger partial charge < -0.3 is 19.4 Å². The lowest BCUT2D eigenvalue weighted by Gasteiger charge is -2.11. The molecular weight excluding hydrogens is 280 g/mol. The van der Waals surface area contributed by atoms with Gasteiger partial charge in [-0.1, -0.05) is 12.1 Å². The molecule has 1 aromatic carbocycles. The summed E-state index contributed by atoms with van der Waals surface area (Å²) in [5.41, 5.74) is 4.16. The number of hydrazine groups is 1. The zero-order valence-corrected chi connectivity index (χ0v) is 11.4. The fourth-order valence-electron chi connectivity index (χ4n) is 1.33.